The molecule has 1 aliphatic heterocycles. The maximum absolute atomic E-state index is 6.53. The fraction of sp³-hybridized carbons (Fsp3) is 0.480. The lowest BCUT2D eigenvalue weighted by molar-refractivity contribution is 0.0791. The Kier molecular flexibility index (Phi) is 4.68. The van der Waals surface area contributed by atoms with Crippen LogP contribution in [-0.2, 0) is 6.42 Å². The molecular formula is C25H29N5O2. The third-order valence-corrected chi connectivity index (χ3v) is 8.07. The monoisotopic (exact) mass is 431 g/mol. The molecule has 1 saturated carbocycles. The number of likely N-dealkylation sites (N-methyl/N-ethyl adjacent to an activating group) is 1. The Hall–Kier alpha value is -2.93. The lowest BCUT2D eigenvalue weighted by Crippen LogP contribution is -2.48. The third kappa shape index (κ3) is 2.87. The average molecular weight is 432 g/mol. The van der Waals surface area contributed by atoms with Gasteiger partial charge < -0.3 is 14.4 Å². The minimum atomic E-state index is 0.329. The number of ether oxygens (including phenoxy) is 2. The Balaban J connectivity index is 1.48. The van der Waals surface area contributed by atoms with Crippen molar-refractivity contribution in [2.75, 3.05) is 20.7 Å². The van der Waals surface area contributed by atoms with Crippen LogP contribution in [0.1, 0.15) is 49.1 Å². The normalized spacial score (nSPS) is 26.8. The molecular weight excluding hydrogens is 402 g/mol. The number of fused-ring (bicyclic) bond motifs is 2. The molecule has 2 aromatic carbocycles. The summed E-state index contributed by atoms with van der Waals surface area (Å²) in [6.07, 6.45) is 7.40. The number of benzene rings is 2. The highest BCUT2D eigenvalue weighted by Crippen LogP contribution is 2.62. The van der Waals surface area contributed by atoms with E-state index in [1.165, 1.54) is 49.8 Å². The van der Waals surface area contributed by atoms with E-state index >= 15 is 0 Å². The van der Waals surface area contributed by atoms with E-state index in [2.05, 4.69) is 33.5 Å². The van der Waals surface area contributed by atoms with Crippen molar-refractivity contribution >= 4 is 0 Å². The second-order valence-corrected chi connectivity index (χ2v) is 9.46. The van der Waals surface area contributed by atoms with Crippen LogP contribution in [-0.4, -0.2) is 51.9 Å². The van der Waals surface area contributed by atoms with E-state index in [9.17, 15) is 0 Å². The summed E-state index contributed by atoms with van der Waals surface area (Å²) in [6.45, 7) is 1.18. The van der Waals surface area contributed by atoms with Gasteiger partial charge in [-0.25, -0.2) is 0 Å². The molecule has 7 nitrogen and oxygen atoms in total. The van der Waals surface area contributed by atoms with Crippen molar-refractivity contribution in [2.45, 2.75) is 50.5 Å². The molecule has 32 heavy (non-hydrogen) atoms. The number of para-hydroxylation sites is 1. The molecule has 1 aromatic heterocycles. The lowest BCUT2D eigenvalue weighted by atomic mass is 9.55. The van der Waals surface area contributed by atoms with Gasteiger partial charge in [0.2, 0.25) is 0 Å². The van der Waals surface area contributed by atoms with Crippen molar-refractivity contribution in [2.24, 2.45) is 5.41 Å². The predicted octanol–water partition coefficient (Wildman–Crippen LogP) is 4.37. The molecule has 0 radical (unpaired) electrons. The number of aromatic nitrogens is 4. The molecule has 2 aliphatic carbocycles. The van der Waals surface area contributed by atoms with Crippen molar-refractivity contribution in [1.82, 2.24) is 25.1 Å². The van der Waals surface area contributed by atoms with Crippen LogP contribution >= 0.6 is 0 Å². The van der Waals surface area contributed by atoms with Gasteiger partial charge in [-0.3, -0.25) is 0 Å². The molecule has 2 heterocycles. The van der Waals surface area contributed by atoms with Crippen molar-refractivity contribution < 1.29 is 9.47 Å². The third-order valence-electron chi connectivity index (χ3n) is 8.07. The van der Waals surface area contributed by atoms with Crippen molar-refractivity contribution in [1.29, 1.82) is 0 Å². The van der Waals surface area contributed by atoms with E-state index in [-0.39, 0.29) is 0 Å². The quantitative estimate of drug-likeness (QED) is 0.611. The zero-order chi connectivity index (χ0) is 21.7. The molecule has 0 bridgehead atoms. The summed E-state index contributed by atoms with van der Waals surface area (Å²) in [5, 5.41) is 12.3. The number of methoxy groups -OCH3 is 1. The smallest absolute Gasteiger partial charge is 0.346 e. The maximum atomic E-state index is 6.53. The molecule has 3 aromatic rings. The van der Waals surface area contributed by atoms with E-state index in [1.54, 1.807) is 11.8 Å². The lowest BCUT2D eigenvalue weighted by Gasteiger charge is -2.51. The van der Waals surface area contributed by atoms with Gasteiger partial charge in [0.25, 0.3) is 0 Å². The van der Waals surface area contributed by atoms with Crippen LogP contribution in [0, 0.1) is 5.41 Å². The van der Waals surface area contributed by atoms with Crippen LogP contribution in [0.3, 0.4) is 0 Å². The van der Waals surface area contributed by atoms with Crippen LogP contribution in [0.25, 0.3) is 5.69 Å². The van der Waals surface area contributed by atoms with Gasteiger partial charge in [0, 0.05) is 11.6 Å². The summed E-state index contributed by atoms with van der Waals surface area (Å²) in [5.74, 6) is 2.01. The largest absolute Gasteiger partial charge is 0.493 e. The minimum absolute atomic E-state index is 0.329. The zero-order valence-corrected chi connectivity index (χ0v) is 18.7. The molecule has 6 rings (SSSR count). The Bertz CT molecular complexity index is 1130. The Morgan fingerprint density at radius 3 is 2.78 bits per heavy atom. The van der Waals surface area contributed by atoms with Crippen LogP contribution in [0.5, 0.6) is 17.5 Å². The van der Waals surface area contributed by atoms with E-state index in [1.807, 2.05) is 36.4 Å². The second kappa shape index (κ2) is 7.59. The number of tetrazole rings is 1. The number of hydrogen-bond donors (Lipinski definition) is 0. The first-order valence-electron chi connectivity index (χ1n) is 11.6. The standard InChI is InChI=1S/C25H29N5O2/c1-29-15-14-25-13-7-6-10-19(25)22-17(16-21(25)29)11-12-20(31-2)23(22)32-24-26-27-28-30(24)18-8-4-3-5-9-18/h3-5,8-9,11-12,19,21H,6-7,10,13-16H2,1-2H3. The first-order chi connectivity index (χ1) is 15.7. The summed E-state index contributed by atoms with van der Waals surface area (Å²) < 4.78 is 14.0. The highest BCUT2D eigenvalue weighted by Gasteiger charge is 2.55. The first-order valence-corrected chi connectivity index (χ1v) is 11.6. The Labute approximate surface area is 188 Å². The van der Waals surface area contributed by atoms with Gasteiger partial charge in [-0.1, -0.05) is 42.2 Å². The van der Waals surface area contributed by atoms with Crippen molar-refractivity contribution in [3.63, 3.8) is 0 Å². The van der Waals surface area contributed by atoms with Gasteiger partial charge in [-0.15, -0.1) is 0 Å². The molecule has 2 fully saturated rings. The number of rotatable bonds is 4. The van der Waals surface area contributed by atoms with Gasteiger partial charge in [0.1, 0.15) is 0 Å². The molecule has 0 amide bonds. The molecule has 1 saturated heterocycles. The first kappa shape index (κ1) is 19.7. The highest BCUT2D eigenvalue weighted by atomic mass is 16.5. The zero-order valence-electron chi connectivity index (χ0n) is 18.7. The molecule has 166 valence electrons. The van der Waals surface area contributed by atoms with E-state index in [4.69, 9.17) is 9.47 Å². The number of nitrogens with zero attached hydrogens (tertiary/aromatic N) is 5. The second-order valence-electron chi connectivity index (χ2n) is 9.46. The van der Waals surface area contributed by atoms with Crippen LogP contribution in [0.2, 0.25) is 0 Å². The van der Waals surface area contributed by atoms with Crippen molar-refractivity contribution in [3.05, 3.63) is 53.6 Å². The average Bonchev–Trinajstić information content (AvgIpc) is 3.42. The summed E-state index contributed by atoms with van der Waals surface area (Å²) in [5.41, 5.74) is 3.89. The molecule has 0 N–H and O–H groups in total. The predicted molar refractivity (Wildman–Crippen MR) is 121 cm³/mol. The summed E-state index contributed by atoms with van der Waals surface area (Å²) in [4.78, 5) is 2.59. The highest BCUT2D eigenvalue weighted by molar-refractivity contribution is 5.56. The maximum Gasteiger partial charge on any atom is 0.346 e. The van der Waals surface area contributed by atoms with Gasteiger partial charge in [0.15, 0.2) is 11.5 Å². The minimum Gasteiger partial charge on any atom is -0.493 e. The summed E-state index contributed by atoms with van der Waals surface area (Å²) in [7, 11) is 4.01. The van der Waals surface area contributed by atoms with E-state index in [0.29, 0.717) is 23.4 Å². The van der Waals surface area contributed by atoms with Gasteiger partial charge in [0.05, 0.1) is 12.8 Å². The molecule has 3 unspecified atom stereocenters. The van der Waals surface area contributed by atoms with Gasteiger partial charge >= 0.3 is 6.01 Å². The van der Waals surface area contributed by atoms with Gasteiger partial charge in [-0.05, 0) is 84.8 Å². The van der Waals surface area contributed by atoms with E-state index < -0.39 is 0 Å². The Morgan fingerprint density at radius 2 is 1.94 bits per heavy atom. The fourth-order valence-corrected chi connectivity index (χ4v) is 6.62. The SMILES string of the molecule is COc1ccc2c(c1Oc1nnnn1-c1ccccc1)C1CCCCC13CCN(C)C3C2. The van der Waals surface area contributed by atoms with Crippen molar-refractivity contribution in [3.8, 4) is 23.2 Å². The molecule has 1 spiro atoms. The van der Waals surface area contributed by atoms with Crippen LogP contribution in [0.15, 0.2) is 42.5 Å². The molecule has 7 heteroatoms. The number of likely N-dealkylation sites (tertiary alicyclic amines) is 1. The summed E-state index contributed by atoms with van der Waals surface area (Å²) in [6, 6.07) is 15.1. The molecule has 3 atom stereocenters. The molecule has 3 aliphatic rings. The fourth-order valence-electron chi connectivity index (χ4n) is 6.62. The Morgan fingerprint density at radius 1 is 1.06 bits per heavy atom. The van der Waals surface area contributed by atoms with E-state index in [0.717, 1.165) is 23.6 Å². The summed E-state index contributed by atoms with van der Waals surface area (Å²) >= 11 is 0. The van der Waals surface area contributed by atoms with Crippen LogP contribution in [0.4, 0.5) is 0 Å². The van der Waals surface area contributed by atoms with Gasteiger partial charge in [-0.2, -0.15) is 4.68 Å². The number of hydrogen-bond acceptors (Lipinski definition) is 6. The topological polar surface area (TPSA) is 65.3 Å². The van der Waals surface area contributed by atoms with Crippen LogP contribution < -0.4 is 9.47 Å².